The molecule has 4 atom stereocenters. The Kier molecular flexibility index (Phi) is 12.7. The van der Waals surface area contributed by atoms with E-state index in [1.54, 1.807) is 4.90 Å². The van der Waals surface area contributed by atoms with Crippen molar-refractivity contribution in [3.63, 3.8) is 0 Å². The molecule has 0 saturated carbocycles. The third-order valence-corrected chi connectivity index (χ3v) is 5.41. The van der Waals surface area contributed by atoms with Crippen LogP contribution in [0.15, 0.2) is 0 Å². The highest BCUT2D eigenvalue weighted by molar-refractivity contribution is 5.81. The summed E-state index contributed by atoms with van der Waals surface area (Å²) in [5.74, 6) is -1.00. The van der Waals surface area contributed by atoms with Crippen LogP contribution in [0.25, 0.3) is 0 Å². The molecule has 1 heterocycles. The van der Waals surface area contributed by atoms with Crippen molar-refractivity contribution in [2.75, 3.05) is 39.4 Å². The summed E-state index contributed by atoms with van der Waals surface area (Å²) in [5, 5.41) is 30.7. The number of aliphatic hydroxyl groups is 3. The number of β-amino-alcohol motifs (C(OH)–C–C–N with tert-alkyl or cyclic N) is 1. The number of carbonyl (C=O) groups is 3. The van der Waals surface area contributed by atoms with Gasteiger partial charge in [-0.05, 0) is 25.2 Å². The molecule has 0 bridgehead atoms. The van der Waals surface area contributed by atoms with Crippen LogP contribution in [0.2, 0.25) is 0 Å². The molecule has 1 fully saturated rings. The lowest BCUT2D eigenvalue weighted by atomic mass is 10.1. The van der Waals surface area contributed by atoms with Gasteiger partial charge >= 0.3 is 0 Å². The Morgan fingerprint density at radius 3 is 2.28 bits per heavy atom. The monoisotopic (exact) mass is 460 g/mol. The first-order valence-electron chi connectivity index (χ1n) is 11.2. The van der Waals surface area contributed by atoms with Gasteiger partial charge < -0.3 is 41.3 Å². The van der Waals surface area contributed by atoms with Gasteiger partial charge in [0.1, 0.15) is 18.3 Å². The maximum Gasteiger partial charge on any atom is 0.234 e. The van der Waals surface area contributed by atoms with E-state index in [2.05, 4.69) is 0 Å². The van der Waals surface area contributed by atoms with E-state index < -0.39 is 30.3 Å². The van der Waals surface area contributed by atoms with Gasteiger partial charge in [-0.2, -0.15) is 0 Å². The number of hydrogen-bond donors (Lipinski definition) is 5. The first-order valence-corrected chi connectivity index (χ1v) is 11.2. The van der Waals surface area contributed by atoms with Crippen molar-refractivity contribution >= 4 is 17.7 Å². The minimum Gasteiger partial charge on any atom is -0.388 e. The summed E-state index contributed by atoms with van der Waals surface area (Å²) in [5.41, 5.74) is 10.8. The van der Waals surface area contributed by atoms with Gasteiger partial charge in [0.2, 0.25) is 17.7 Å². The van der Waals surface area contributed by atoms with Crippen molar-refractivity contribution in [2.45, 2.75) is 70.3 Å². The molecule has 0 radical (unpaired) electrons. The van der Waals surface area contributed by atoms with Crippen molar-refractivity contribution in [2.24, 2.45) is 17.4 Å². The molecule has 11 nitrogen and oxygen atoms in total. The molecule has 7 N–H and O–H groups in total. The molecule has 32 heavy (non-hydrogen) atoms. The Morgan fingerprint density at radius 1 is 1.00 bits per heavy atom. The van der Waals surface area contributed by atoms with Crippen LogP contribution in [-0.2, 0) is 19.1 Å². The topological polar surface area (TPSA) is 180 Å². The van der Waals surface area contributed by atoms with Gasteiger partial charge in [0.15, 0.2) is 0 Å². The number of rotatable bonds is 6. The normalized spacial score (nSPS) is 25.3. The summed E-state index contributed by atoms with van der Waals surface area (Å²) in [6, 6.07) is -0.903. The largest absolute Gasteiger partial charge is 0.388 e. The van der Waals surface area contributed by atoms with Crippen LogP contribution in [0.4, 0.5) is 0 Å². The fourth-order valence-corrected chi connectivity index (χ4v) is 3.38. The zero-order valence-electron chi connectivity index (χ0n) is 19.2. The minimum absolute atomic E-state index is 0.0497. The highest BCUT2D eigenvalue weighted by atomic mass is 16.5. The lowest BCUT2D eigenvalue weighted by Gasteiger charge is -2.32. The van der Waals surface area contributed by atoms with Gasteiger partial charge in [-0.1, -0.05) is 13.8 Å². The predicted molar refractivity (Wildman–Crippen MR) is 117 cm³/mol. The van der Waals surface area contributed by atoms with Crippen LogP contribution in [0.3, 0.4) is 0 Å². The molecule has 186 valence electrons. The number of nitrogens with zero attached hydrogens (tertiary/aromatic N) is 2. The fourth-order valence-electron chi connectivity index (χ4n) is 3.38. The van der Waals surface area contributed by atoms with E-state index in [1.807, 2.05) is 13.8 Å². The van der Waals surface area contributed by atoms with Gasteiger partial charge in [0.05, 0.1) is 12.6 Å². The standard InChI is InChI=1S/C21H40N4O7/c1-14(2)11-19(29)25-9-8-24(18(28)6-5-15(22)21(23)31)7-3-4-10-32-13-17(27)20(30)16(26)12-25/h14-17,20,26-27,30H,3-13,22H2,1-2H3,(H2,23,31)/t15-,16-,17+,20+/m0/s1. The molecule has 1 aliphatic rings. The molecule has 0 aromatic rings. The van der Waals surface area contributed by atoms with Crippen molar-refractivity contribution in [3.05, 3.63) is 0 Å². The molecule has 0 aromatic heterocycles. The van der Waals surface area contributed by atoms with Gasteiger partial charge in [0, 0.05) is 45.6 Å². The summed E-state index contributed by atoms with van der Waals surface area (Å²) in [6.07, 6.45) is -2.44. The molecule has 3 amide bonds. The molecule has 0 aromatic carbocycles. The predicted octanol–water partition coefficient (Wildman–Crippen LogP) is -1.82. The summed E-state index contributed by atoms with van der Waals surface area (Å²) < 4.78 is 5.36. The molecule has 0 unspecified atom stereocenters. The smallest absolute Gasteiger partial charge is 0.234 e. The molecular weight excluding hydrogens is 420 g/mol. The van der Waals surface area contributed by atoms with Crippen LogP contribution in [-0.4, -0.2) is 107 Å². The Hall–Kier alpha value is -1.79. The third kappa shape index (κ3) is 10.2. The lowest BCUT2D eigenvalue weighted by Crippen LogP contribution is -2.50. The highest BCUT2D eigenvalue weighted by Crippen LogP contribution is 2.11. The molecule has 1 aliphatic heterocycles. The number of primary amides is 1. The average Bonchev–Trinajstić information content (AvgIpc) is 2.72. The molecule has 1 rings (SSSR count). The number of nitrogens with two attached hydrogens (primary N) is 2. The summed E-state index contributed by atoms with van der Waals surface area (Å²) in [7, 11) is 0. The molecular formula is C21H40N4O7. The molecule has 1 saturated heterocycles. The number of amides is 3. The summed E-state index contributed by atoms with van der Waals surface area (Å²) in [6.45, 7) is 4.60. The quantitative estimate of drug-likeness (QED) is 0.307. The van der Waals surface area contributed by atoms with Crippen LogP contribution in [0.5, 0.6) is 0 Å². The maximum atomic E-state index is 12.7. The summed E-state index contributed by atoms with van der Waals surface area (Å²) >= 11 is 0. The average molecular weight is 461 g/mol. The Balaban J connectivity index is 2.93. The fraction of sp³-hybridized carbons (Fsp3) is 0.857. The van der Waals surface area contributed by atoms with Crippen molar-refractivity contribution in [3.8, 4) is 0 Å². The molecule has 0 aliphatic carbocycles. The van der Waals surface area contributed by atoms with Crippen LogP contribution < -0.4 is 11.5 Å². The van der Waals surface area contributed by atoms with Crippen LogP contribution >= 0.6 is 0 Å². The SMILES string of the molecule is CC(C)CC(=O)N1CCN(C(=O)CC[C@H](N)C(N)=O)CCCCOC[C@@H](O)[C@H](O)[C@@H](O)C1. The molecule has 0 spiro atoms. The highest BCUT2D eigenvalue weighted by Gasteiger charge is 2.29. The lowest BCUT2D eigenvalue weighted by molar-refractivity contribution is -0.140. The van der Waals surface area contributed by atoms with E-state index in [-0.39, 0.29) is 63.2 Å². The van der Waals surface area contributed by atoms with E-state index in [1.165, 1.54) is 4.90 Å². The number of carbonyl (C=O) groups excluding carboxylic acids is 3. The van der Waals surface area contributed by atoms with Gasteiger partial charge in [-0.3, -0.25) is 14.4 Å². The number of aliphatic hydroxyl groups excluding tert-OH is 3. The summed E-state index contributed by atoms with van der Waals surface area (Å²) in [4.78, 5) is 39.6. The first-order chi connectivity index (χ1) is 15.0. The van der Waals surface area contributed by atoms with E-state index >= 15 is 0 Å². The zero-order valence-corrected chi connectivity index (χ0v) is 19.2. The third-order valence-electron chi connectivity index (χ3n) is 5.41. The second-order valence-corrected chi connectivity index (χ2v) is 8.77. The first kappa shape index (κ1) is 28.2. The van der Waals surface area contributed by atoms with E-state index in [4.69, 9.17) is 16.2 Å². The minimum atomic E-state index is -1.47. The van der Waals surface area contributed by atoms with Crippen LogP contribution in [0, 0.1) is 5.92 Å². The number of ether oxygens (including phenoxy) is 1. The van der Waals surface area contributed by atoms with Gasteiger partial charge in [0.25, 0.3) is 0 Å². The number of hydrogen-bond acceptors (Lipinski definition) is 8. The maximum absolute atomic E-state index is 12.7. The molecule has 11 heteroatoms. The van der Waals surface area contributed by atoms with E-state index in [0.717, 1.165) is 0 Å². The van der Waals surface area contributed by atoms with Gasteiger partial charge in [-0.25, -0.2) is 0 Å². The van der Waals surface area contributed by atoms with Gasteiger partial charge in [-0.15, -0.1) is 0 Å². The Morgan fingerprint density at radius 2 is 1.66 bits per heavy atom. The van der Waals surface area contributed by atoms with Crippen molar-refractivity contribution in [1.82, 2.24) is 9.80 Å². The zero-order chi connectivity index (χ0) is 24.3. The second-order valence-electron chi connectivity index (χ2n) is 8.77. The van der Waals surface area contributed by atoms with E-state index in [0.29, 0.717) is 26.0 Å². The Bertz CT molecular complexity index is 605. The van der Waals surface area contributed by atoms with Crippen LogP contribution in [0.1, 0.15) is 46.0 Å². The van der Waals surface area contributed by atoms with Crippen molar-refractivity contribution in [1.29, 1.82) is 0 Å². The second kappa shape index (κ2) is 14.4. The van der Waals surface area contributed by atoms with E-state index in [9.17, 15) is 29.7 Å². The Labute approximate surface area is 189 Å². The van der Waals surface area contributed by atoms with Crippen molar-refractivity contribution < 1.29 is 34.4 Å².